The number of fused-ring (bicyclic) bond motifs is 1. The van der Waals surface area contributed by atoms with Crippen molar-refractivity contribution in [1.82, 2.24) is 4.90 Å². The molecule has 0 unspecified atom stereocenters. The van der Waals surface area contributed by atoms with Gasteiger partial charge >= 0.3 is 0 Å². The number of nitrogens with one attached hydrogen (secondary N) is 2. The molecular formula is C27H24ClN3O4. The number of anilines is 2. The zero-order valence-electron chi connectivity index (χ0n) is 18.9. The van der Waals surface area contributed by atoms with Crippen molar-refractivity contribution >= 4 is 46.6 Å². The number of nitrogens with zero attached hydrogens (tertiary/aromatic N) is 1. The highest BCUT2D eigenvalue weighted by Crippen LogP contribution is 2.23. The van der Waals surface area contributed by atoms with Crippen LogP contribution in [0.15, 0.2) is 72.8 Å². The summed E-state index contributed by atoms with van der Waals surface area (Å²) >= 11 is 5.95. The van der Waals surface area contributed by atoms with Crippen molar-refractivity contribution in [2.75, 3.05) is 17.2 Å². The molecule has 1 aliphatic rings. The summed E-state index contributed by atoms with van der Waals surface area (Å²) in [5.41, 5.74) is 2.40. The summed E-state index contributed by atoms with van der Waals surface area (Å²) in [5.74, 6) is -1.00. The highest BCUT2D eigenvalue weighted by Gasteiger charge is 2.34. The molecule has 4 rings (SSSR count). The van der Waals surface area contributed by atoms with Crippen molar-refractivity contribution in [2.24, 2.45) is 0 Å². The highest BCUT2D eigenvalue weighted by atomic mass is 35.5. The number of imide groups is 1. The summed E-state index contributed by atoms with van der Waals surface area (Å²) < 4.78 is 0. The van der Waals surface area contributed by atoms with Crippen LogP contribution in [0.25, 0.3) is 0 Å². The topological polar surface area (TPSA) is 95.6 Å². The summed E-state index contributed by atoms with van der Waals surface area (Å²) in [6, 6.07) is 20.4. The number of unbranched alkanes of at least 4 members (excludes halogenated alkanes) is 2. The van der Waals surface area contributed by atoms with E-state index in [1.165, 1.54) is 4.90 Å². The first-order chi connectivity index (χ1) is 16.9. The van der Waals surface area contributed by atoms with E-state index >= 15 is 0 Å². The van der Waals surface area contributed by atoms with Crippen molar-refractivity contribution < 1.29 is 19.2 Å². The van der Waals surface area contributed by atoms with Crippen LogP contribution in [0.4, 0.5) is 11.4 Å². The maximum atomic E-state index is 12.5. The Labute approximate surface area is 208 Å². The summed E-state index contributed by atoms with van der Waals surface area (Å²) in [4.78, 5) is 50.9. The van der Waals surface area contributed by atoms with E-state index in [2.05, 4.69) is 10.6 Å². The molecule has 7 nitrogen and oxygen atoms in total. The summed E-state index contributed by atoms with van der Waals surface area (Å²) in [6.07, 6.45) is 2.23. The van der Waals surface area contributed by atoms with E-state index in [-0.39, 0.29) is 23.6 Å². The first kappa shape index (κ1) is 24.2. The largest absolute Gasteiger partial charge is 0.326 e. The van der Waals surface area contributed by atoms with Gasteiger partial charge in [-0.3, -0.25) is 24.1 Å². The summed E-state index contributed by atoms with van der Waals surface area (Å²) in [5, 5.41) is 6.11. The third kappa shape index (κ3) is 5.94. The van der Waals surface area contributed by atoms with Gasteiger partial charge in [-0.2, -0.15) is 0 Å². The van der Waals surface area contributed by atoms with Gasteiger partial charge in [-0.15, -0.1) is 0 Å². The molecular weight excluding hydrogens is 466 g/mol. The van der Waals surface area contributed by atoms with Gasteiger partial charge in [-0.25, -0.2) is 0 Å². The SMILES string of the molecule is O=C(CCCCCN1C(=O)c2ccccc2C1=O)Nc1cccc(C(=O)Nc2cccc(Cl)c2)c1. The van der Waals surface area contributed by atoms with Crippen LogP contribution in [0.2, 0.25) is 5.02 Å². The number of rotatable bonds is 9. The molecule has 0 aliphatic carbocycles. The minimum absolute atomic E-state index is 0.168. The maximum Gasteiger partial charge on any atom is 0.261 e. The number of amides is 4. The van der Waals surface area contributed by atoms with Gasteiger partial charge in [-0.1, -0.05) is 42.3 Å². The van der Waals surface area contributed by atoms with E-state index in [0.29, 0.717) is 65.3 Å². The Bertz CT molecular complexity index is 1260. The molecule has 1 heterocycles. The second-order valence-electron chi connectivity index (χ2n) is 8.21. The average Bonchev–Trinajstić information content (AvgIpc) is 3.09. The van der Waals surface area contributed by atoms with Gasteiger partial charge in [-0.05, 0) is 61.4 Å². The maximum absolute atomic E-state index is 12.5. The van der Waals surface area contributed by atoms with Crippen molar-refractivity contribution in [2.45, 2.75) is 25.7 Å². The number of hydrogen-bond acceptors (Lipinski definition) is 4. The Morgan fingerprint density at radius 3 is 2.09 bits per heavy atom. The lowest BCUT2D eigenvalue weighted by Gasteiger charge is -2.13. The first-order valence-corrected chi connectivity index (χ1v) is 11.7. The minimum Gasteiger partial charge on any atom is -0.326 e. The Morgan fingerprint density at radius 2 is 1.40 bits per heavy atom. The highest BCUT2D eigenvalue weighted by molar-refractivity contribution is 6.31. The fourth-order valence-corrected chi connectivity index (χ4v) is 4.10. The van der Waals surface area contributed by atoms with Gasteiger partial charge in [0.1, 0.15) is 0 Å². The molecule has 0 spiro atoms. The van der Waals surface area contributed by atoms with E-state index in [0.717, 1.165) is 0 Å². The van der Waals surface area contributed by atoms with Gasteiger partial charge in [0.05, 0.1) is 11.1 Å². The van der Waals surface area contributed by atoms with Crippen LogP contribution in [0.3, 0.4) is 0 Å². The molecule has 2 N–H and O–H groups in total. The van der Waals surface area contributed by atoms with Gasteiger partial charge in [0.15, 0.2) is 0 Å². The van der Waals surface area contributed by atoms with E-state index in [4.69, 9.17) is 11.6 Å². The monoisotopic (exact) mass is 489 g/mol. The van der Waals surface area contributed by atoms with Crippen LogP contribution in [0.1, 0.15) is 56.8 Å². The van der Waals surface area contributed by atoms with E-state index in [1.54, 1.807) is 72.8 Å². The van der Waals surface area contributed by atoms with Crippen LogP contribution < -0.4 is 10.6 Å². The zero-order valence-corrected chi connectivity index (χ0v) is 19.7. The van der Waals surface area contributed by atoms with Crippen LogP contribution in [0, 0.1) is 0 Å². The second-order valence-corrected chi connectivity index (χ2v) is 8.65. The second kappa shape index (κ2) is 11.0. The Morgan fingerprint density at radius 1 is 0.743 bits per heavy atom. The Kier molecular flexibility index (Phi) is 7.57. The molecule has 0 saturated heterocycles. The lowest BCUT2D eigenvalue weighted by atomic mass is 10.1. The third-order valence-electron chi connectivity index (χ3n) is 5.65. The molecule has 0 atom stereocenters. The number of carbonyl (C=O) groups is 4. The lowest BCUT2D eigenvalue weighted by molar-refractivity contribution is -0.116. The molecule has 178 valence electrons. The molecule has 0 fully saturated rings. The normalized spacial score (nSPS) is 12.4. The van der Waals surface area contributed by atoms with Crippen molar-refractivity contribution in [3.63, 3.8) is 0 Å². The third-order valence-corrected chi connectivity index (χ3v) is 5.89. The molecule has 0 radical (unpaired) electrons. The molecule has 3 aromatic carbocycles. The van der Waals surface area contributed by atoms with Crippen molar-refractivity contribution in [3.05, 3.63) is 94.5 Å². The van der Waals surface area contributed by atoms with Crippen LogP contribution in [-0.4, -0.2) is 35.1 Å². The predicted molar refractivity (Wildman–Crippen MR) is 135 cm³/mol. The predicted octanol–water partition coefficient (Wildman–Crippen LogP) is 5.39. The average molecular weight is 490 g/mol. The summed E-state index contributed by atoms with van der Waals surface area (Å²) in [6.45, 7) is 0.331. The smallest absolute Gasteiger partial charge is 0.261 e. The van der Waals surface area contributed by atoms with Gasteiger partial charge in [0.2, 0.25) is 5.91 Å². The fourth-order valence-electron chi connectivity index (χ4n) is 3.91. The van der Waals surface area contributed by atoms with Crippen LogP contribution in [-0.2, 0) is 4.79 Å². The van der Waals surface area contributed by atoms with E-state index in [1.807, 2.05) is 0 Å². The number of benzene rings is 3. The molecule has 8 heteroatoms. The van der Waals surface area contributed by atoms with Crippen molar-refractivity contribution in [3.8, 4) is 0 Å². The van der Waals surface area contributed by atoms with E-state index < -0.39 is 0 Å². The molecule has 4 amide bonds. The quantitative estimate of drug-likeness (QED) is 0.311. The Balaban J connectivity index is 1.21. The standard InChI is InChI=1S/C27H24ClN3O4/c28-19-9-7-11-21(17-19)30-25(33)18-8-6-10-20(16-18)29-24(32)14-2-1-5-15-31-26(34)22-12-3-4-13-23(22)27(31)35/h3-4,6-13,16-17H,1-2,5,14-15H2,(H,29,32)(H,30,33). The first-order valence-electron chi connectivity index (χ1n) is 11.3. The number of carbonyl (C=O) groups excluding carboxylic acids is 4. The van der Waals surface area contributed by atoms with Crippen LogP contribution >= 0.6 is 11.6 Å². The Hall–Kier alpha value is -3.97. The van der Waals surface area contributed by atoms with Gasteiger partial charge < -0.3 is 10.6 Å². The summed E-state index contributed by atoms with van der Waals surface area (Å²) in [7, 11) is 0. The molecule has 0 saturated carbocycles. The lowest BCUT2D eigenvalue weighted by Crippen LogP contribution is -2.30. The zero-order chi connectivity index (χ0) is 24.8. The number of hydrogen-bond donors (Lipinski definition) is 2. The minimum atomic E-state index is -0.309. The van der Waals surface area contributed by atoms with Gasteiger partial charge in [0.25, 0.3) is 17.7 Å². The fraction of sp³-hybridized carbons (Fsp3) is 0.185. The number of halogens is 1. The molecule has 0 bridgehead atoms. The van der Waals surface area contributed by atoms with Crippen molar-refractivity contribution in [1.29, 1.82) is 0 Å². The van der Waals surface area contributed by atoms with E-state index in [9.17, 15) is 19.2 Å². The van der Waals surface area contributed by atoms with Crippen LogP contribution in [0.5, 0.6) is 0 Å². The molecule has 1 aliphatic heterocycles. The molecule has 35 heavy (non-hydrogen) atoms. The molecule has 0 aromatic heterocycles. The van der Waals surface area contributed by atoms with Gasteiger partial charge in [0, 0.05) is 34.9 Å². The molecule has 3 aromatic rings.